The fraction of sp³-hybridized carbons (Fsp3) is 0.222. The minimum atomic E-state index is -0.229. The van der Waals surface area contributed by atoms with Crippen molar-refractivity contribution in [2.24, 2.45) is 7.05 Å². The largest absolute Gasteiger partial charge is 0.443 e. The number of aromatic nitrogens is 2. The smallest absolute Gasteiger partial charge is 0.258 e. The van der Waals surface area contributed by atoms with Crippen LogP contribution in [0.5, 0.6) is 0 Å². The average molecular weight is 322 g/mol. The molecule has 0 bridgehead atoms. The molecule has 0 aliphatic carbocycles. The molecule has 0 N–H and O–H groups in total. The van der Waals surface area contributed by atoms with E-state index in [-0.39, 0.29) is 11.5 Å². The zero-order chi connectivity index (χ0) is 17.3. The molecule has 6 heteroatoms. The molecule has 0 aromatic carbocycles. The number of carbonyl (C=O) groups excluding carboxylic acids is 1. The quantitative estimate of drug-likeness (QED) is 0.742. The summed E-state index contributed by atoms with van der Waals surface area (Å²) in [6.07, 6.45) is 5.49. The van der Waals surface area contributed by atoms with Crippen molar-refractivity contribution >= 4 is 5.91 Å². The molecule has 0 aliphatic heterocycles. The van der Waals surface area contributed by atoms with E-state index in [1.807, 2.05) is 42.1 Å². The first kappa shape index (κ1) is 15.7. The molecule has 1 amide bonds. The summed E-state index contributed by atoms with van der Waals surface area (Å²) < 4.78 is 9.35. The van der Waals surface area contributed by atoms with Gasteiger partial charge in [0.2, 0.25) is 5.88 Å². The van der Waals surface area contributed by atoms with Crippen LogP contribution in [-0.4, -0.2) is 27.0 Å². The highest BCUT2D eigenvalue weighted by Gasteiger charge is 2.26. The number of nitriles is 1. The third-order valence-corrected chi connectivity index (χ3v) is 4.03. The van der Waals surface area contributed by atoms with E-state index in [2.05, 4.69) is 6.07 Å². The summed E-state index contributed by atoms with van der Waals surface area (Å²) >= 11 is 0. The van der Waals surface area contributed by atoms with Gasteiger partial charge in [0.25, 0.3) is 5.91 Å². The summed E-state index contributed by atoms with van der Waals surface area (Å²) in [6, 6.07) is 9.68. The van der Waals surface area contributed by atoms with Crippen LogP contribution >= 0.6 is 0 Å². The van der Waals surface area contributed by atoms with Crippen molar-refractivity contribution in [3.63, 3.8) is 0 Å². The van der Waals surface area contributed by atoms with Gasteiger partial charge in [-0.25, -0.2) is 0 Å². The second-order valence-corrected chi connectivity index (χ2v) is 5.69. The topological polar surface area (TPSA) is 67.1 Å². The average Bonchev–Trinajstić information content (AvgIpc) is 3.27. The van der Waals surface area contributed by atoms with Crippen LogP contribution in [0.15, 0.2) is 47.3 Å². The van der Waals surface area contributed by atoms with Gasteiger partial charge in [-0.2, -0.15) is 5.26 Å². The molecule has 0 radical (unpaired) electrons. The molecule has 0 spiro atoms. The molecule has 0 unspecified atom stereocenters. The van der Waals surface area contributed by atoms with Gasteiger partial charge in [-0.3, -0.25) is 9.36 Å². The Balaban J connectivity index is 1.95. The predicted molar refractivity (Wildman–Crippen MR) is 88.7 cm³/mol. The van der Waals surface area contributed by atoms with Crippen LogP contribution in [0.3, 0.4) is 0 Å². The number of hydrogen-bond acceptors (Lipinski definition) is 3. The number of amides is 1. The Labute approximate surface area is 140 Å². The number of furan rings is 1. The molecule has 3 aromatic rings. The zero-order valence-electron chi connectivity index (χ0n) is 13.9. The monoisotopic (exact) mass is 322 g/mol. The summed E-state index contributed by atoms with van der Waals surface area (Å²) in [5.41, 5.74) is 1.58. The third-order valence-electron chi connectivity index (χ3n) is 4.03. The molecule has 3 heterocycles. The van der Waals surface area contributed by atoms with E-state index < -0.39 is 0 Å². The molecule has 0 atom stereocenters. The molecular formula is C18H18N4O2. The summed E-state index contributed by atoms with van der Waals surface area (Å²) in [6.45, 7) is 2.16. The molecule has 0 fully saturated rings. The second kappa shape index (κ2) is 6.13. The summed E-state index contributed by atoms with van der Waals surface area (Å²) in [4.78, 5) is 14.5. The number of carbonyl (C=O) groups is 1. The van der Waals surface area contributed by atoms with Crippen LogP contribution in [0, 0.1) is 18.3 Å². The normalized spacial score (nSPS) is 10.6. The highest BCUT2D eigenvalue weighted by Crippen LogP contribution is 2.26. The Morgan fingerprint density at radius 1 is 1.29 bits per heavy atom. The number of nitrogens with zero attached hydrogens (tertiary/aromatic N) is 4. The van der Waals surface area contributed by atoms with Gasteiger partial charge < -0.3 is 13.9 Å². The molecule has 3 rings (SSSR count). The summed E-state index contributed by atoms with van der Waals surface area (Å²) in [5.74, 6) is 0.585. The van der Waals surface area contributed by atoms with Crippen LogP contribution in [0.4, 0.5) is 0 Å². The fourth-order valence-corrected chi connectivity index (χ4v) is 2.71. The highest BCUT2D eigenvalue weighted by molar-refractivity contribution is 5.98. The van der Waals surface area contributed by atoms with E-state index in [4.69, 9.17) is 4.42 Å². The predicted octanol–water partition coefficient (Wildman–Crippen LogP) is 2.86. The highest BCUT2D eigenvalue weighted by atomic mass is 16.4. The Morgan fingerprint density at radius 2 is 2.00 bits per heavy atom. The standard InChI is InChI=1S/C18H18N4O2/c1-13-16(15(11-19)18(24-13)22-9-4-5-10-22)17(23)21(3)12-14-7-6-8-20(14)2/h4-10H,12H2,1-3H3. The zero-order valence-corrected chi connectivity index (χ0v) is 13.9. The minimum Gasteiger partial charge on any atom is -0.443 e. The van der Waals surface area contributed by atoms with Gasteiger partial charge in [0.05, 0.1) is 6.54 Å². The van der Waals surface area contributed by atoms with Gasteiger partial charge in [-0.1, -0.05) is 0 Å². The van der Waals surface area contributed by atoms with Crippen LogP contribution < -0.4 is 0 Å². The summed E-state index contributed by atoms with van der Waals surface area (Å²) in [5, 5.41) is 9.54. The Kier molecular flexibility index (Phi) is 4.00. The summed E-state index contributed by atoms with van der Waals surface area (Å²) in [7, 11) is 3.65. The van der Waals surface area contributed by atoms with Crippen molar-refractivity contribution in [1.29, 1.82) is 5.26 Å². The maximum atomic E-state index is 12.9. The molecule has 0 saturated heterocycles. The minimum absolute atomic E-state index is 0.229. The van der Waals surface area contributed by atoms with Crippen molar-refractivity contribution in [3.05, 3.63) is 65.4 Å². The van der Waals surface area contributed by atoms with Crippen molar-refractivity contribution in [2.75, 3.05) is 7.05 Å². The molecular weight excluding hydrogens is 304 g/mol. The van der Waals surface area contributed by atoms with Gasteiger partial charge in [-0.05, 0) is 31.2 Å². The lowest BCUT2D eigenvalue weighted by molar-refractivity contribution is 0.0780. The molecule has 24 heavy (non-hydrogen) atoms. The number of aryl methyl sites for hydroxylation is 2. The first-order valence-corrected chi connectivity index (χ1v) is 7.55. The SMILES string of the molecule is Cc1oc(-n2cccc2)c(C#N)c1C(=O)N(C)Cc1cccn1C. The lowest BCUT2D eigenvalue weighted by Crippen LogP contribution is -2.28. The van der Waals surface area contributed by atoms with E-state index in [9.17, 15) is 10.1 Å². The lowest BCUT2D eigenvalue weighted by Gasteiger charge is -2.17. The molecule has 3 aromatic heterocycles. The van der Waals surface area contributed by atoms with E-state index in [1.54, 1.807) is 35.8 Å². The van der Waals surface area contributed by atoms with E-state index in [0.29, 0.717) is 23.8 Å². The van der Waals surface area contributed by atoms with Gasteiger partial charge in [0.1, 0.15) is 23.0 Å². The first-order chi connectivity index (χ1) is 11.5. The van der Waals surface area contributed by atoms with Gasteiger partial charge in [0.15, 0.2) is 0 Å². The maximum absolute atomic E-state index is 12.9. The van der Waals surface area contributed by atoms with Crippen molar-refractivity contribution in [2.45, 2.75) is 13.5 Å². The Hall–Kier alpha value is -3.20. The Bertz CT molecular complexity index is 910. The van der Waals surface area contributed by atoms with Crippen LogP contribution in [0.2, 0.25) is 0 Å². The van der Waals surface area contributed by atoms with E-state index in [1.165, 1.54) is 0 Å². The molecule has 0 saturated carbocycles. The molecule has 6 nitrogen and oxygen atoms in total. The Morgan fingerprint density at radius 3 is 2.58 bits per heavy atom. The fourth-order valence-electron chi connectivity index (χ4n) is 2.71. The second-order valence-electron chi connectivity index (χ2n) is 5.69. The molecule has 122 valence electrons. The van der Waals surface area contributed by atoms with Crippen LogP contribution in [0.1, 0.15) is 27.4 Å². The third kappa shape index (κ3) is 2.61. The first-order valence-electron chi connectivity index (χ1n) is 7.55. The van der Waals surface area contributed by atoms with E-state index in [0.717, 1.165) is 5.69 Å². The number of rotatable bonds is 4. The maximum Gasteiger partial charge on any atom is 0.258 e. The lowest BCUT2D eigenvalue weighted by atomic mass is 10.1. The van der Waals surface area contributed by atoms with Gasteiger partial charge >= 0.3 is 0 Å². The molecule has 0 aliphatic rings. The van der Waals surface area contributed by atoms with Crippen LogP contribution in [0.25, 0.3) is 5.88 Å². The van der Waals surface area contributed by atoms with E-state index >= 15 is 0 Å². The van der Waals surface area contributed by atoms with Crippen molar-refractivity contribution < 1.29 is 9.21 Å². The number of hydrogen-bond donors (Lipinski definition) is 0. The van der Waals surface area contributed by atoms with Crippen molar-refractivity contribution in [1.82, 2.24) is 14.0 Å². The van der Waals surface area contributed by atoms with Gasteiger partial charge in [-0.15, -0.1) is 0 Å². The van der Waals surface area contributed by atoms with Crippen molar-refractivity contribution in [3.8, 4) is 12.0 Å². The van der Waals surface area contributed by atoms with Crippen LogP contribution in [-0.2, 0) is 13.6 Å². The van der Waals surface area contributed by atoms with Gasteiger partial charge in [0, 0.05) is 38.4 Å².